The zero-order valence-corrected chi connectivity index (χ0v) is 52.3. The van der Waals surface area contributed by atoms with E-state index < -0.39 is 67.3 Å². The van der Waals surface area contributed by atoms with Gasteiger partial charge < -0.3 is 39.0 Å². The van der Waals surface area contributed by atoms with Crippen molar-refractivity contribution >= 4 is 23.9 Å². The second kappa shape index (κ2) is 57.4. The highest BCUT2D eigenvalue weighted by molar-refractivity contribution is 5.74. The first-order chi connectivity index (χ1) is 39.6. The van der Waals surface area contributed by atoms with Crippen molar-refractivity contribution in [2.24, 2.45) is 0 Å². The lowest BCUT2D eigenvalue weighted by Gasteiger charge is -2.40. The molecule has 12 nitrogen and oxygen atoms in total. The van der Waals surface area contributed by atoms with Gasteiger partial charge >= 0.3 is 23.9 Å². The molecule has 6 atom stereocenters. The van der Waals surface area contributed by atoms with Gasteiger partial charge in [0.25, 0.3) is 0 Å². The van der Waals surface area contributed by atoms with Crippen LogP contribution in [0.15, 0.2) is 36.5 Å². The minimum absolute atomic E-state index is 0.0530. The van der Waals surface area contributed by atoms with E-state index in [-0.39, 0.29) is 25.9 Å². The fourth-order valence-electron chi connectivity index (χ4n) is 10.4. The number of aliphatic carboxylic acids is 1. The van der Waals surface area contributed by atoms with E-state index in [1.165, 1.54) is 193 Å². The first-order valence-electron chi connectivity index (χ1n) is 34.0. The van der Waals surface area contributed by atoms with Crippen LogP contribution in [0, 0.1) is 0 Å². The highest BCUT2D eigenvalue weighted by atomic mass is 16.7. The Kier molecular flexibility index (Phi) is 53.8. The molecule has 1 fully saturated rings. The summed E-state index contributed by atoms with van der Waals surface area (Å²) in [5, 5.41) is 31.6. The quantitative estimate of drug-likeness (QED) is 0.0228. The zero-order valence-electron chi connectivity index (χ0n) is 52.3. The highest BCUT2D eigenvalue weighted by Crippen LogP contribution is 2.27. The van der Waals surface area contributed by atoms with E-state index >= 15 is 0 Å². The van der Waals surface area contributed by atoms with E-state index in [2.05, 4.69) is 57.2 Å². The Morgan fingerprint density at radius 1 is 0.395 bits per heavy atom. The fraction of sp³-hybridized carbons (Fsp3) is 0.855. The molecule has 0 aliphatic carbocycles. The van der Waals surface area contributed by atoms with Crippen molar-refractivity contribution in [2.75, 3.05) is 13.2 Å². The first kappa shape index (κ1) is 76.0. The molecule has 1 aliphatic heterocycles. The van der Waals surface area contributed by atoms with Crippen LogP contribution in [0.1, 0.15) is 329 Å². The summed E-state index contributed by atoms with van der Waals surface area (Å²) < 4.78 is 28.6. The number of hydrogen-bond acceptors (Lipinski definition) is 11. The number of aliphatic hydroxyl groups excluding tert-OH is 2. The van der Waals surface area contributed by atoms with Crippen LogP contribution in [0.2, 0.25) is 0 Å². The van der Waals surface area contributed by atoms with Crippen molar-refractivity contribution in [1.82, 2.24) is 0 Å². The van der Waals surface area contributed by atoms with Crippen molar-refractivity contribution in [3.8, 4) is 0 Å². The third-order valence-electron chi connectivity index (χ3n) is 15.7. The minimum Gasteiger partial charge on any atom is -0.479 e. The van der Waals surface area contributed by atoms with Crippen LogP contribution in [-0.4, -0.2) is 89.2 Å². The molecule has 0 radical (unpaired) electrons. The highest BCUT2D eigenvalue weighted by Gasteiger charge is 2.50. The summed E-state index contributed by atoms with van der Waals surface area (Å²) in [5.74, 6) is -3.10. The van der Waals surface area contributed by atoms with Gasteiger partial charge in [-0.25, -0.2) is 4.79 Å². The standard InChI is InChI=1S/C69H124O12/c1-4-7-10-13-16-19-22-25-27-29-31-33-35-38-40-43-46-49-52-55-61(70)77-58-60(79-62(71)56-53-50-47-44-42-39-36-34-32-30-28-26-23-20-17-14-11-8-5-2)59-78-69-67(65(74)64(73)66(81-69)68(75)76)80-63(72)57-54-51-48-45-41-37-24-21-18-15-12-9-6-3/h21,24-28,60,64-67,69,73-74H,4-20,22-23,29-59H2,1-3H3,(H,75,76)/b24-21-,27-25-,28-26-. The molecule has 81 heavy (non-hydrogen) atoms. The molecule has 0 spiro atoms. The summed E-state index contributed by atoms with van der Waals surface area (Å²) in [5.41, 5.74) is 0. The minimum atomic E-state index is -1.90. The molecule has 0 aromatic heterocycles. The van der Waals surface area contributed by atoms with Gasteiger partial charge in [0.15, 0.2) is 24.6 Å². The van der Waals surface area contributed by atoms with E-state index in [1.54, 1.807) is 0 Å². The number of rotatable bonds is 59. The van der Waals surface area contributed by atoms with Crippen molar-refractivity contribution in [3.63, 3.8) is 0 Å². The van der Waals surface area contributed by atoms with Crippen LogP contribution in [0.4, 0.5) is 0 Å². The molecule has 472 valence electrons. The molecule has 12 heteroatoms. The number of carboxylic acids is 1. The van der Waals surface area contributed by atoms with Gasteiger partial charge in [-0.3, -0.25) is 14.4 Å². The second-order valence-electron chi connectivity index (χ2n) is 23.5. The molecular formula is C69H124O12. The van der Waals surface area contributed by atoms with Crippen molar-refractivity contribution in [2.45, 2.75) is 366 Å². The Hall–Kier alpha value is -3.06. The number of unbranched alkanes of at least 4 members (excludes halogenated alkanes) is 39. The first-order valence-corrected chi connectivity index (χ1v) is 34.0. The van der Waals surface area contributed by atoms with Gasteiger partial charge in [-0.05, 0) is 96.3 Å². The lowest BCUT2D eigenvalue weighted by molar-refractivity contribution is -0.301. The van der Waals surface area contributed by atoms with Crippen LogP contribution >= 0.6 is 0 Å². The smallest absolute Gasteiger partial charge is 0.335 e. The van der Waals surface area contributed by atoms with Crippen LogP contribution in [0.3, 0.4) is 0 Å². The summed E-state index contributed by atoms with van der Waals surface area (Å²) in [6.45, 7) is 6.01. The number of carbonyl (C=O) groups is 4. The second-order valence-corrected chi connectivity index (χ2v) is 23.5. The largest absolute Gasteiger partial charge is 0.479 e. The molecule has 1 rings (SSSR count). The predicted octanol–water partition coefficient (Wildman–Crippen LogP) is 18.4. The zero-order chi connectivity index (χ0) is 58.9. The van der Waals surface area contributed by atoms with Gasteiger partial charge in [0.1, 0.15) is 18.8 Å². The summed E-state index contributed by atoms with van der Waals surface area (Å²) in [4.78, 5) is 51.4. The summed E-state index contributed by atoms with van der Waals surface area (Å²) in [6.07, 6.45) is 56.7. The molecule has 3 N–H and O–H groups in total. The monoisotopic (exact) mass is 1140 g/mol. The lowest BCUT2D eigenvalue weighted by Crippen LogP contribution is -2.61. The van der Waals surface area contributed by atoms with Crippen LogP contribution in [-0.2, 0) is 42.9 Å². The summed E-state index contributed by atoms with van der Waals surface area (Å²) in [7, 11) is 0. The third-order valence-corrected chi connectivity index (χ3v) is 15.7. The number of allylic oxidation sites excluding steroid dienone is 6. The van der Waals surface area contributed by atoms with Gasteiger partial charge in [-0.1, -0.05) is 250 Å². The molecule has 0 amide bonds. The van der Waals surface area contributed by atoms with Crippen molar-refractivity contribution in [1.29, 1.82) is 0 Å². The van der Waals surface area contributed by atoms with Gasteiger partial charge in [0.2, 0.25) is 0 Å². The molecule has 1 saturated heterocycles. The molecule has 0 aromatic rings. The number of carboxylic acid groups (broad SMARTS) is 1. The fourth-order valence-corrected chi connectivity index (χ4v) is 10.4. The van der Waals surface area contributed by atoms with E-state index in [4.69, 9.17) is 23.7 Å². The van der Waals surface area contributed by atoms with Gasteiger partial charge in [-0.2, -0.15) is 0 Å². The maximum Gasteiger partial charge on any atom is 0.335 e. The predicted molar refractivity (Wildman–Crippen MR) is 331 cm³/mol. The Labute approximate surface area is 495 Å². The molecule has 1 heterocycles. The number of hydrogen-bond donors (Lipinski definition) is 3. The summed E-state index contributed by atoms with van der Waals surface area (Å²) >= 11 is 0. The Morgan fingerprint density at radius 3 is 1.06 bits per heavy atom. The van der Waals surface area contributed by atoms with Crippen molar-refractivity contribution in [3.05, 3.63) is 36.5 Å². The number of aliphatic hydroxyl groups is 2. The maximum atomic E-state index is 13.2. The topological polar surface area (TPSA) is 175 Å². The summed E-state index contributed by atoms with van der Waals surface area (Å²) in [6, 6.07) is 0. The average Bonchev–Trinajstić information content (AvgIpc) is 3.54. The van der Waals surface area contributed by atoms with Crippen LogP contribution in [0.5, 0.6) is 0 Å². The Bertz CT molecular complexity index is 1550. The number of esters is 3. The Morgan fingerprint density at radius 2 is 0.704 bits per heavy atom. The van der Waals surface area contributed by atoms with Gasteiger partial charge in [-0.15, -0.1) is 0 Å². The number of ether oxygens (including phenoxy) is 5. The molecule has 0 aromatic carbocycles. The molecule has 0 saturated carbocycles. The SMILES string of the molecule is CCCCCC/C=C\CCCCCCCC(=O)OC1C(OCC(COC(=O)CCCCCCCCCCC/C=C\CCCCCCCC)OC(=O)CCCCCCCCCCC/C=C\CCCCCCCC)OC(C(=O)O)C(O)C1O. The van der Waals surface area contributed by atoms with Crippen molar-refractivity contribution < 1.29 is 58.2 Å². The van der Waals surface area contributed by atoms with Crippen LogP contribution in [0.25, 0.3) is 0 Å². The molecular weight excluding hydrogens is 1020 g/mol. The van der Waals surface area contributed by atoms with E-state index in [9.17, 15) is 34.5 Å². The van der Waals surface area contributed by atoms with E-state index in [0.717, 1.165) is 77.0 Å². The molecule has 6 unspecified atom stereocenters. The average molecular weight is 1150 g/mol. The van der Waals surface area contributed by atoms with E-state index in [1.807, 2.05) is 0 Å². The maximum absolute atomic E-state index is 13.2. The van der Waals surface area contributed by atoms with Gasteiger partial charge in [0, 0.05) is 19.3 Å². The lowest BCUT2D eigenvalue weighted by atomic mass is 9.98. The van der Waals surface area contributed by atoms with Gasteiger partial charge in [0.05, 0.1) is 6.61 Å². The third kappa shape index (κ3) is 46.9. The molecule has 1 aliphatic rings. The Balaban J connectivity index is 2.63. The van der Waals surface area contributed by atoms with E-state index in [0.29, 0.717) is 19.3 Å². The normalized spacial score (nSPS) is 17.9. The molecule has 0 bridgehead atoms. The number of carbonyl (C=O) groups excluding carboxylic acids is 3. The van der Waals surface area contributed by atoms with Crippen LogP contribution < -0.4 is 0 Å².